The Kier molecular flexibility index (Phi) is 8.03. The maximum absolute atomic E-state index is 13.9. The number of hydrogen-bond acceptors (Lipinski definition) is 4. The Balaban J connectivity index is 1.60. The number of carbonyl (C=O) groups is 1. The SMILES string of the molecule is CNS(=O)(=O)c1ccc(CC(=O)Nc2ccc(-c3cccc(F)c3)c(Oc3cccc(C(F)(F)F)c3)c2)cc1. The number of rotatable bonds is 8. The van der Waals surface area contributed by atoms with Gasteiger partial charge in [-0.15, -0.1) is 0 Å². The Bertz CT molecular complexity index is 1600. The number of alkyl halides is 3. The van der Waals surface area contributed by atoms with Gasteiger partial charge in [-0.1, -0.05) is 30.3 Å². The Morgan fingerprint density at radius 2 is 1.62 bits per heavy atom. The molecule has 0 spiro atoms. The average molecular weight is 559 g/mol. The zero-order chi connectivity index (χ0) is 28.2. The number of carbonyl (C=O) groups excluding carboxylic acids is 1. The summed E-state index contributed by atoms with van der Waals surface area (Å²) in [5, 5.41) is 2.69. The molecule has 0 fully saturated rings. The van der Waals surface area contributed by atoms with E-state index in [1.165, 1.54) is 67.7 Å². The van der Waals surface area contributed by atoms with Gasteiger partial charge in [-0.05, 0) is 72.8 Å². The summed E-state index contributed by atoms with van der Waals surface area (Å²) >= 11 is 0. The Morgan fingerprint density at radius 1 is 0.897 bits per heavy atom. The third-order valence-corrected chi connectivity index (χ3v) is 7.09. The lowest BCUT2D eigenvalue weighted by Crippen LogP contribution is -2.18. The molecule has 1 amide bonds. The number of ether oxygens (including phenoxy) is 1. The molecule has 0 atom stereocenters. The molecule has 4 aromatic carbocycles. The summed E-state index contributed by atoms with van der Waals surface area (Å²) in [6.07, 6.45) is -4.65. The van der Waals surface area contributed by atoms with Crippen LogP contribution >= 0.6 is 0 Å². The van der Waals surface area contributed by atoms with Crippen molar-refractivity contribution in [1.82, 2.24) is 4.72 Å². The van der Waals surface area contributed by atoms with Crippen LogP contribution in [-0.4, -0.2) is 21.4 Å². The zero-order valence-corrected chi connectivity index (χ0v) is 21.2. The number of hydrogen-bond donors (Lipinski definition) is 2. The van der Waals surface area contributed by atoms with Gasteiger partial charge in [-0.3, -0.25) is 4.79 Å². The first-order valence-corrected chi connectivity index (χ1v) is 13.0. The largest absolute Gasteiger partial charge is 0.457 e. The highest BCUT2D eigenvalue weighted by molar-refractivity contribution is 7.89. The highest BCUT2D eigenvalue weighted by atomic mass is 32.2. The van der Waals surface area contributed by atoms with E-state index < -0.39 is 33.5 Å². The summed E-state index contributed by atoms with van der Waals surface area (Å²) in [5.41, 5.74) is 0.763. The van der Waals surface area contributed by atoms with Crippen molar-refractivity contribution >= 4 is 21.6 Å². The third-order valence-electron chi connectivity index (χ3n) is 5.66. The topological polar surface area (TPSA) is 84.5 Å². The fourth-order valence-corrected chi connectivity index (χ4v) is 4.47. The van der Waals surface area contributed by atoms with Crippen molar-refractivity contribution < 1.29 is 35.5 Å². The van der Waals surface area contributed by atoms with Gasteiger partial charge in [0, 0.05) is 17.3 Å². The fraction of sp³-hybridized carbons (Fsp3) is 0.107. The van der Waals surface area contributed by atoms with E-state index in [1.54, 1.807) is 18.2 Å². The molecule has 0 bridgehead atoms. The first-order chi connectivity index (χ1) is 18.4. The van der Waals surface area contributed by atoms with Gasteiger partial charge in [0.05, 0.1) is 16.9 Å². The summed E-state index contributed by atoms with van der Waals surface area (Å²) in [6, 6.07) is 20.3. The Morgan fingerprint density at radius 3 is 2.28 bits per heavy atom. The highest BCUT2D eigenvalue weighted by Crippen LogP contribution is 2.38. The molecule has 0 heterocycles. The lowest BCUT2D eigenvalue weighted by Gasteiger charge is -2.15. The quantitative estimate of drug-likeness (QED) is 0.246. The number of sulfonamides is 1. The molecule has 202 valence electrons. The molecule has 0 aliphatic rings. The number of benzene rings is 4. The summed E-state index contributed by atoms with van der Waals surface area (Å²) in [4.78, 5) is 12.7. The van der Waals surface area contributed by atoms with E-state index in [0.29, 0.717) is 16.7 Å². The predicted molar refractivity (Wildman–Crippen MR) is 138 cm³/mol. The summed E-state index contributed by atoms with van der Waals surface area (Å²) in [7, 11) is -2.32. The first-order valence-electron chi connectivity index (χ1n) is 11.5. The van der Waals surface area contributed by atoms with Gasteiger partial charge in [-0.25, -0.2) is 17.5 Å². The van der Waals surface area contributed by atoms with Crippen molar-refractivity contribution in [2.24, 2.45) is 0 Å². The summed E-state index contributed by atoms with van der Waals surface area (Å²) in [5.74, 6) is -0.937. The summed E-state index contributed by atoms with van der Waals surface area (Å²) in [6.45, 7) is 0. The normalized spacial score (nSPS) is 11.7. The second kappa shape index (κ2) is 11.3. The van der Waals surface area contributed by atoms with Gasteiger partial charge in [0.15, 0.2) is 0 Å². The van der Waals surface area contributed by atoms with Crippen LogP contribution in [0.4, 0.5) is 23.2 Å². The Labute approximate surface area is 222 Å². The molecule has 2 N–H and O–H groups in total. The van der Waals surface area contributed by atoms with Crippen LogP contribution in [0.3, 0.4) is 0 Å². The van der Waals surface area contributed by atoms with E-state index in [-0.39, 0.29) is 28.5 Å². The molecule has 4 aromatic rings. The minimum absolute atomic E-state index is 0.0541. The first kappa shape index (κ1) is 27.8. The van der Waals surface area contributed by atoms with Crippen LogP contribution < -0.4 is 14.8 Å². The van der Waals surface area contributed by atoms with Gasteiger partial charge < -0.3 is 10.1 Å². The molecule has 0 aliphatic heterocycles. The minimum Gasteiger partial charge on any atom is -0.457 e. The number of halogens is 4. The van der Waals surface area contributed by atoms with E-state index >= 15 is 0 Å². The minimum atomic E-state index is -4.57. The van der Waals surface area contributed by atoms with Gasteiger partial charge in [0.1, 0.15) is 17.3 Å². The number of anilines is 1. The lowest BCUT2D eigenvalue weighted by atomic mass is 10.0. The van der Waals surface area contributed by atoms with E-state index in [2.05, 4.69) is 10.0 Å². The third kappa shape index (κ3) is 7.01. The second-order valence-corrected chi connectivity index (χ2v) is 10.3. The van der Waals surface area contributed by atoms with Gasteiger partial charge in [-0.2, -0.15) is 13.2 Å². The van der Waals surface area contributed by atoms with E-state index in [9.17, 15) is 30.8 Å². The van der Waals surface area contributed by atoms with Crippen LogP contribution in [-0.2, 0) is 27.4 Å². The van der Waals surface area contributed by atoms with Gasteiger partial charge in [0.2, 0.25) is 15.9 Å². The van der Waals surface area contributed by atoms with Crippen molar-refractivity contribution in [3.63, 3.8) is 0 Å². The zero-order valence-electron chi connectivity index (χ0n) is 20.4. The van der Waals surface area contributed by atoms with Crippen LogP contribution in [0.5, 0.6) is 11.5 Å². The Hall–Kier alpha value is -4.22. The number of amides is 1. The molecule has 0 saturated heterocycles. The van der Waals surface area contributed by atoms with Crippen molar-refractivity contribution in [2.75, 3.05) is 12.4 Å². The lowest BCUT2D eigenvalue weighted by molar-refractivity contribution is -0.137. The molecule has 0 aliphatic carbocycles. The van der Waals surface area contributed by atoms with E-state index in [4.69, 9.17) is 4.74 Å². The molecule has 6 nitrogen and oxygen atoms in total. The predicted octanol–water partition coefficient (Wildman–Crippen LogP) is 6.39. The maximum atomic E-state index is 13.9. The molecule has 0 aromatic heterocycles. The van der Waals surface area contributed by atoms with Crippen LogP contribution in [0.15, 0.2) is 95.9 Å². The second-order valence-electron chi connectivity index (χ2n) is 8.43. The smallest absolute Gasteiger partial charge is 0.416 e. The maximum Gasteiger partial charge on any atom is 0.416 e. The van der Waals surface area contributed by atoms with E-state index in [0.717, 1.165) is 12.1 Å². The van der Waals surface area contributed by atoms with E-state index in [1.807, 2.05) is 0 Å². The van der Waals surface area contributed by atoms with Crippen molar-refractivity contribution in [3.8, 4) is 22.6 Å². The van der Waals surface area contributed by atoms with Crippen molar-refractivity contribution in [1.29, 1.82) is 0 Å². The molecule has 0 radical (unpaired) electrons. The molecule has 39 heavy (non-hydrogen) atoms. The monoisotopic (exact) mass is 558 g/mol. The molecule has 0 unspecified atom stereocenters. The molecule has 0 saturated carbocycles. The van der Waals surface area contributed by atoms with Gasteiger partial charge in [0.25, 0.3) is 0 Å². The molecular formula is C28H22F4N2O4S. The summed E-state index contributed by atoms with van der Waals surface area (Å²) < 4.78 is 85.3. The van der Waals surface area contributed by atoms with Crippen LogP contribution in [0.25, 0.3) is 11.1 Å². The van der Waals surface area contributed by atoms with Crippen LogP contribution in [0, 0.1) is 5.82 Å². The molecule has 4 rings (SSSR count). The fourth-order valence-electron chi connectivity index (χ4n) is 3.74. The van der Waals surface area contributed by atoms with Crippen LogP contribution in [0.2, 0.25) is 0 Å². The van der Waals surface area contributed by atoms with Gasteiger partial charge >= 0.3 is 6.18 Å². The average Bonchev–Trinajstić information content (AvgIpc) is 2.89. The molecular weight excluding hydrogens is 536 g/mol. The number of nitrogens with one attached hydrogen (secondary N) is 2. The molecule has 11 heteroatoms. The van der Waals surface area contributed by atoms with Crippen LogP contribution in [0.1, 0.15) is 11.1 Å². The van der Waals surface area contributed by atoms with Crippen molar-refractivity contribution in [3.05, 3.63) is 108 Å². The highest BCUT2D eigenvalue weighted by Gasteiger charge is 2.30. The van der Waals surface area contributed by atoms with Crippen molar-refractivity contribution in [2.45, 2.75) is 17.5 Å². The standard InChI is InChI=1S/C28H22F4N2O4S/c1-33-39(36,37)24-11-8-18(9-12-24)14-27(35)34-22-10-13-25(19-4-2-6-21(29)15-19)26(17-22)38-23-7-3-5-20(16-23)28(30,31)32/h2-13,15-17,33H,14H2,1H3,(H,34,35).